The summed E-state index contributed by atoms with van der Waals surface area (Å²) in [5.41, 5.74) is 0. The third-order valence-corrected chi connectivity index (χ3v) is 2.30. The lowest BCUT2D eigenvalue weighted by Gasteiger charge is -2.13. The summed E-state index contributed by atoms with van der Waals surface area (Å²) in [6.45, 7) is 0. The van der Waals surface area contributed by atoms with Crippen molar-refractivity contribution in [1.29, 1.82) is 0 Å². The molecule has 0 radical (unpaired) electrons. The Hall–Kier alpha value is -1.28. The smallest absolute Gasteiger partial charge is 0.131 e. The van der Waals surface area contributed by atoms with Crippen molar-refractivity contribution in [3.8, 4) is 11.5 Å². The number of hydrogen-bond donors (Lipinski definition) is 0. The predicted molar refractivity (Wildman–Crippen MR) is 60.7 cm³/mol. The molecule has 2 aliphatic rings. The van der Waals surface area contributed by atoms with Gasteiger partial charge < -0.3 is 4.74 Å². The van der Waals surface area contributed by atoms with Gasteiger partial charge in [0, 0.05) is 10.5 Å². The minimum absolute atomic E-state index is 0.984. The Balaban J connectivity index is 0.000000107. The highest BCUT2D eigenvalue weighted by Crippen LogP contribution is 2.32. The summed E-state index contributed by atoms with van der Waals surface area (Å²) in [4.78, 5) is 0. The SMILES string of the molecule is Brc1ccccc1.c1cc2cc(c1)O2. The van der Waals surface area contributed by atoms with Gasteiger partial charge in [0.15, 0.2) is 0 Å². The Labute approximate surface area is 91.5 Å². The molecule has 14 heavy (non-hydrogen) atoms. The lowest BCUT2D eigenvalue weighted by Crippen LogP contribution is -1.91. The molecule has 0 N–H and O–H groups in total. The van der Waals surface area contributed by atoms with Crippen molar-refractivity contribution in [3.05, 3.63) is 59.1 Å². The molecule has 1 nitrogen and oxygen atoms in total. The maximum absolute atomic E-state index is 5.01. The second-order valence-corrected chi connectivity index (χ2v) is 3.79. The summed E-state index contributed by atoms with van der Waals surface area (Å²) in [7, 11) is 0. The van der Waals surface area contributed by atoms with Crippen LogP contribution in [0.4, 0.5) is 0 Å². The molecule has 2 aliphatic heterocycles. The van der Waals surface area contributed by atoms with Crippen LogP contribution in [0.15, 0.2) is 59.1 Å². The van der Waals surface area contributed by atoms with Crippen molar-refractivity contribution >= 4 is 15.9 Å². The molecule has 2 aromatic rings. The largest absolute Gasteiger partial charge is 0.457 e. The molecule has 0 aliphatic carbocycles. The maximum Gasteiger partial charge on any atom is 0.131 e. The van der Waals surface area contributed by atoms with Gasteiger partial charge in [0.1, 0.15) is 11.5 Å². The topological polar surface area (TPSA) is 9.23 Å². The van der Waals surface area contributed by atoms with E-state index >= 15 is 0 Å². The van der Waals surface area contributed by atoms with Crippen LogP contribution in [0.25, 0.3) is 0 Å². The zero-order valence-corrected chi connectivity index (χ0v) is 9.07. The molecule has 2 bridgehead atoms. The van der Waals surface area contributed by atoms with Crippen molar-refractivity contribution in [2.75, 3.05) is 0 Å². The van der Waals surface area contributed by atoms with E-state index in [0.717, 1.165) is 16.0 Å². The maximum atomic E-state index is 5.01. The number of rotatable bonds is 0. The molecule has 70 valence electrons. The summed E-state index contributed by atoms with van der Waals surface area (Å²) in [6, 6.07) is 17.8. The van der Waals surface area contributed by atoms with Gasteiger partial charge in [-0.1, -0.05) is 40.2 Å². The Kier molecular flexibility index (Phi) is 2.84. The van der Waals surface area contributed by atoms with Crippen LogP contribution < -0.4 is 4.74 Å². The second kappa shape index (κ2) is 4.29. The van der Waals surface area contributed by atoms with Crippen molar-refractivity contribution in [2.24, 2.45) is 0 Å². The molecule has 0 atom stereocenters. The monoisotopic (exact) mass is 248 g/mol. The van der Waals surface area contributed by atoms with Crippen LogP contribution in [-0.2, 0) is 0 Å². The van der Waals surface area contributed by atoms with Crippen LogP contribution in [0, 0.1) is 0 Å². The first kappa shape index (κ1) is 9.28. The number of halogens is 1. The van der Waals surface area contributed by atoms with E-state index in [1.807, 2.05) is 54.6 Å². The number of ether oxygens (including phenoxy) is 1. The van der Waals surface area contributed by atoms with Crippen LogP contribution in [0.1, 0.15) is 0 Å². The van der Waals surface area contributed by atoms with E-state index in [-0.39, 0.29) is 0 Å². The first-order valence-electron chi connectivity index (χ1n) is 4.33. The van der Waals surface area contributed by atoms with Crippen molar-refractivity contribution in [1.82, 2.24) is 0 Å². The van der Waals surface area contributed by atoms with Crippen molar-refractivity contribution < 1.29 is 4.74 Å². The number of hydrogen-bond acceptors (Lipinski definition) is 1. The van der Waals surface area contributed by atoms with E-state index in [4.69, 9.17) is 4.74 Å². The zero-order chi connectivity index (χ0) is 9.80. The van der Waals surface area contributed by atoms with E-state index in [0.29, 0.717) is 0 Å². The molecule has 0 aromatic heterocycles. The Morgan fingerprint density at radius 3 is 1.57 bits per heavy atom. The molecule has 2 heteroatoms. The third-order valence-electron chi connectivity index (χ3n) is 1.77. The molecule has 0 amide bonds. The average Bonchev–Trinajstić information content (AvgIpc) is 2.20. The van der Waals surface area contributed by atoms with Gasteiger partial charge in [0.05, 0.1) is 0 Å². The van der Waals surface area contributed by atoms with Gasteiger partial charge in [-0.25, -0.2) is 0 Å². The van der Waals surface area contributed by atoms with Gasteiger partial charge in [-0.3, -0.25) is 0 Å². The third kappa shape index (κ3) is 2.36. The minimum Gasteiger partial charge on any atom is -0.457 e. The van der Waals surface area contributed by atoms with Crippen LogP contribution >= 0.6 is 15.9 Å². The lowest BCUT2D eigenvalue weighted by atomic mass is 10.2. The van der Waals surface area contributed by atoms with Gasteiger partial charge in [0.2, 0.25) is 0 Å². The summed E-state index contributed by atoms with van der Waals surface area (Å²) < 4.78 is 6.14. The average molecular weight is 249 g/mol. The van der Waals surface area contributed by atoms with E-state index in [9.17, 15) is 0 Å². The highest BCUT2D eigenvalue weighted by molar-refractivity contribution is 9.10. The second-order valence-electron chi connectivity index (χ2n) is 2.87. The van der Waals surface area contributed by atoms with Gasteiger partial charge in [-0.15, -0.1) is 0 Å². The molecule has 2 heterocycles. The van der Waals surface area contributed by atoms with Crippen molar-refractivity contribution in [2.45, 2.75) is 0 Å². The molecule has 0 unspecified atom stereocenters. The lowest BCUT2D eigenvalue weighted by molar-refractivity contribution is 0.438. The van der Waals surface area contributed by atoms with E-state index in [2.05, 4.69) is 15.9 Å². The molecule has 2 aromatic carbocycles. The number of fused-ring (bicyclic) bond motifs is 2. The van der Waals surface area contributed by atoms with Gasteiger partial charge in [-0.2, -0.15) is 0 Å². The summed E-state index contributed by atoms with van der Waals surface area (Å²) in [5, 5.41) is 0. The number of benzene rings is 2. The Bertz CT molecular complexity index is 368. The molecule has 0 spiro atoms. The highest BCUT2D eigenvalue weighted by Gasteiger charge is 2.05. The van der Waals surface area contributed by atoms with Gasteiger partial charge in [0.25, 0.3) is 0 Å². The van der Waals surface area contributed by atoms with E-state index in [1.54, 1.807) is 0 Å². The molecular weight excluding hydrogens is 240 g/mol. The predicted octanol–water partition coefficient (Wildman–Crippen LogP) is 4.24. The fourth-order valence-corrected chi connectivity index (χ4v) is 1.40. The zero-order valence-electron chi connectivity index (χ0n) is 7.48. The van der Waals surface area contributed by atoms with Crippen molar-refractivity contribution in [3.63, 3.8) is 0 Å². The van der Waals surface area contributed by atoms with Crippen LogP contribution in [0.3, 0.4) is 0 Å². The Morgan fingerprint density at radius 1 is 0.786 bits per heavy atom. The molecule has 4 rings (SSSR count). The Morgan fingerprint density at radius 2 is 1.36 bits per heavy atom. The summed E-state index contributed by atoms with van der Waals surface area (Å²) in [5.74, 6) is 1.97. The molecule has 0 fully saturated rings. The van der Waals surface area contributed by atoms with Gasteiger partial charge >= 0.3 is 0 Å². The van der Waals surface area contributed by atoms with E-state index in [1.165, 1.54) is 0 Å². The first-order chi connectivity index (χ1) is 6.84. The quantitative estimate of drug-likeness (QED) is 0.579. The fourth-order valence-electron chi connectivity index (χ4n) is 1.09. The molecular formula is C12H9BrO. The molecule has 0 saturated carbocycles. The summed E-state index contributed by atoms with van der Waals surface area (Å²) >= 11 is 3.31. The fraction of sp³-hybridized carbons (Fsp3) is 0. The van der Waals surface area contributed by atoms with Crippen LogP contribution in [0.2, 0.25) is 0 Å². The summed E-state index contributed by atoms with van der Waals surface area (Å²) in [6.07, 6.45) is 0. The van der Waals surface area contributed by atoms with Crippen LogP contribution in [0.5, 0.6) is 11.5 Å². The van der Waals surface area contributed by atoms with E-state index < -0.39 is 0 Å². The van der Waals surface area contributed by atoms with Crippen LogP contribution in [-0.4, -0.2) is 0 Å². The highest BCUT2D eigenvalue weighted by atomic mass is 79.9. The first-order valence-corrected chi connectivity index (χ1v) is 5.12. The normalized spacial score (nSPS) is 10.4. The standard InChI is InChI=1S/C6H5Br.C6H4O/c7-6-4-2-1-3-5-6;1-2-5-4-6(3-1)7-5/h1-5H;1-4H. The molecule has 0 saturated heterocycles. The van der Waals surface area contributed by atoms with Gasteiger partial charge in [-0.05, 0) is 24.3 Å². The minimum atomic E-state index is 0.984.